The van der Waals surface area contributed by atoms with E-state index < -0.39 is 0 Å². The molecule has 2 heterocycles. The predicted molar refractivity (Wildman–Crippen MR) is 79.6 cm³/mol. The lowest BCUT2D eigenvalue weighted by Gasteiger charge is -2.04. The number of hydrogen-bond acceptors (Lipinski definition) is 4. The molecular formula is C14H15ClN2O2S. The fourth-order valence-corrected chi connectivity index (χ4v) is 3.18. The summed E-state index contributed by atoms with van der Waals surface area (Å²) < 4.78 is 11.5. The van der Waals surface area contributed by atoms with E-state index in [9.17, 15) is 4.79 Å². The number of nitrogens with zero attached hydrogens (tertiary/aromatic N) is 2. The van der Waals surface area contributed by atoms with Crippen molar-refractivity contribution in [1.82, 2.24) is 8.33 Å². The highest BCUT2D eigenvalue weighted by atomic mass is 35.5. The first-order valence-corrected chi connectivity index (χ1v) is 7.75. The number of ether oxygens (including phenoxy) is 1. The molecule has 1 atom stereocenters. The van der Waals surface area contributed by atoms with E-state index in [1.165, 1.54) is 11.7 Å². The van der Waals surface area contributed by atoms with E-state index in [2.05, 4.69) is 4.37 Å². The highest BCUT2D eigenvalue weighted by molar-refractivity contribution is 6.99. The minimum Gasteiger partial charge on any atom is -0.378 e. The van der Waals surface area contributed by atoms with Gasteiger partial charge in [-0.3, -0.25) is 4.79 Å². The highest BCUT2D eigenvalue weighted by Crippen LogP contribution is 2.16. The van der Waals surface area contributed by atoms with Gasteiger partial charge in [0, 0.05) is 29.8 Å². The zero-order chi connectivity index (χ0) is 13.9. The summed E-state index contributed by atoms with van der Waals surface area (Å²) in [7, 11) is 0. The van der Waals surface area contributed by atoms with Crippen molar-refractivity contribution in [1.29, 1.82) is 0 Å². The van der Waals surface area contributed by atoms with Gasteiger partial charge in [-0.1, -0.05) is 23.7 Å². The van der Waals surface area contributed by atoms with Crippen molar-refractivity contribution >= 4 is 23.3 Å². The quantitative estimate of drug-likeness (QED) is 0.872. The van der Waals surface area contributed by atoms with Crippen LogP contribution in [0.2, 0.25) is 5.02 Å². The van der Waals surface area contributed by atoms with Crippen LogP contribution in [0.1, 0.15) is 24.1 Å². The van der Waals surface area contributed by atoms with E-state index in [1.807, 2.05) is 24.3 Å². The molecule has 1 aromatic heterocycles. The molecule has 0 aliphatic carbocycles. The molecule has 0 N–H and O–H groups in total. The summed E-state index contributed by atoms with van der Waals surface area (Å²) in [5, 5.41) is 0.699. The van der Waals surface area contributed by atoms with Crippen LogP contribution in [0.25, 0.3) is 0 Å². The van der Waals surface area contributed by atoms with E-state index in [1.54, 1.807) is 3.96 Å². The SMILES string of the molecule is O=c1c(CC2CCCO2)nsn1Cc1ccc(Cl)cc1. The van der Waals surface area contributed by atoms with Crippen LogP contribution in [0, 0.1) is 0 Å². The summed E-state index contributed by atoms with van der Waals surface area (Å²) in [5.41, 5.74) is 1.67. The number of benzene rings is 1. The fraction of sp³-hybridized carbons (Fsp3) is 0.429. The van der Waals surface area contributed by atoms with Crippen molar-refractivity contribution in [3.63, 3.8) is 0 Å². The Labute approximate surface area is 126 Å². The van der Waals surface area contributed by atoms with Crippen LogP contribution in [-0.4, -0.2) is 21.0 Å². The topological polar surface area (TPSA) is 44.1 Å². The molecule has 6 heteroatoms. The fourth-order valence-electron chi connectivity index (χ4n) is 2.32. The molecule has 0 amide bonds. The third kappa shape index (κ3) is 3.11. The number of rotatable bonds is 4. The molecule has 0 spiro atoms. The Morgan fingerprint density at radius 2 is 2.20 bits per heavy atom. The van der Waals surface area contributed by atoms with Gasteiger partial charge < -0.3 is 4.74 Å². The molecule has 0 bridgehead atoms. The molecular weight excluding hydrogens is 296 g/mol. The van der Waals surface area contributed by atoms with Crippen LogP contribution in [0.5, 0.6) is 0 Å². The number of halogens is 1. The number of hydrogen-bond donors (Lipinski definition) is 0. The van der Waals surface area contributed by atoms with Crippen molar-refractivity contribution in [2.75, 3.05) is 6.61 Å². The zero-order valence-corrected chi connectivity index (χ0v) is 12.5. The number of aromatic nitrogens is 2. The monoisotopic (exact) mass is 310 g/mol. The van der Waals surface area contributed by atoms with Crippen LogP contribution in [-0.2, 0) is 17.7 Å². The lowest BCUT2D eigenvalue weighted by Crippen LogP contribution is -2.21. The second-order valence-electron chi connectivity index (χ2n) is 4.93. The van der Waals surface area contributed by atoms with Crippen molar-refractivity contribution < 1.29 is 4.74 Å². The van der Waals surface area contributed by atoms with Gasteiger partial charge >= 0.3 is 0 Å². The molecule has 1 fully saturated rings. The van der Waals surface area contributed by atoms with Gasteiger partial charge in [0.25, 0.3) is 5.56 Å². The third-order valence-electron chi connectivity index (χ3n) is 3.41. The Morgan fingerprint density at radius 1 is 1.40 bits per heavy atom. The van der Waals surface area contributed by atoms with Crippen LogP contribution < -0.4 is 5.56 Å². The van der Waals surface area contributed by atoms with Gasteiger partial charge in [-0.15, -0.1) is 0 Å². The molecule has 1 unspecified atom stereocenters. The summed E-state index contributed by atoms with van der Waals surface area (Å²) in [6.45, 7) is 1.34. The Bertz CT molecular complexity index is 629. The first-order valence-electron chi connectivity index (χ1n) is 6.64. The molecule has 1 aliphatic rings. The molecule has 20 heavy (non-hydrogen) atoms. The van der Waals surface area contributed by atoms with E-state index >= 15 is 0 Å². The molecule has 1 aromatic carbocycles. The van der Waals surface area contributed by atoms with Gasteiger partial charge in [0.2, 0.25) is 0 Å². The average Bonchev–Trinajstić information content (AvgIpc) is 3.06. The molecule has 2 aromatic rings. The van der Waals surface area contributed by atoms with Crippen molar-refractivity contribution in [2.24, 2.45) is 0 Å². The van der Waals surface area contributed by atoms with E-state index in [4.69, 9.17) is 16.3 Å². The van der Waals surface area contributed by atoms with Gasteiger partial charge in [0.1, 0.15) is 5.69 Å². The van der Waals surface area contributed by atoms with Gasteiger partial charge in [-0.05, 0) is 30.5 Å². The molecule has 3 rings (SSSR count). The lowest BCUT2D eigenvalue weighted by atomic mass is 10.1. The lowest BCUT2D eigenvalue weighted by molar-refractivity contribution is 0.110. The van der Waals surface area contributed by atoms with Crippen molar-refractivity contribution in [3.05, 3.63) is 50.9 Å². The molecule has 106 valence electrons. The molecule has 0 radical (unpaired) electrons. The van der Waals surface area contributed by atoms with Gasteiger partial charge in [0.15, 0.2) is 0 Å². The maximum atomic E-state index is 12.3. The minimum absolute atomic E-state index is 0.000417. The van der Waals surface area contributed by atoms with Crippen molar-refractivity contribution in [2.45, 2.75) is 31.9 Å². The van der Waals surface area contributed by atoms with Gasteiger partial charge in [-0.25, -0.2) is 3.96 Å². The maximum Gasteiger partial charge on any atom is 0.284 e. The summed E-state index contributed by atoms with van der Waals surface area (Å²) >= 11 is 7.08. The standard InChI is InChI=1S/C14H15ClN2O2S/c15-11-5-3-10(4-6-11)9-17-14(18)13(16-20-17)8-12-2-1-7-19-12/h3-6,12H,1-2,7-9H2. The molecule has 0 saturated carbocycles. The molecule has 1 saturated heterocycles. The van der Waals surface area contributed by atoms with Crippen LogP contribution >= 0.6 is 23.3 Å². The summed E-state index contributed by atoms with van der Waals surface area (Å²) in [6, 6.07) is 7.51. The zero-order valence-electron chi connectivity index (χ0n) is 10.9. The highest BCUT2D eigenvalue weighted by Gasteiger charge is 2.20. The second kappa shape index (κ2) is 6.08. The summed E-state index contributed by atoms with van der Waals surface area (Å²) in [4.78, 5) is 12.3. The first kappa shape index (κ1) is 13.8. The average molecular weight is 311 g/mol. The Kier molecular flexibility index (Phi) is 4.19. The van der Waals surface area contributed by atoms with Gasteiger partial charge in [-0.2, -0.15) is 4.37 Å². The van der Waals surface area contributed by atoms with Gasteiger partial charge in [0.05, 0.1) is 12.6 Å². The normalized spacial score (nSPS) is 18.6. The summed E-state index contributed by atoms with van der Waals surface area (Å²) in [6.07, 6.45) is 2.89. The minimum atomic E-state index is 0.000417. The second-order valence-corrected chi connectivity index (χ2v) is 6.15. The summed E-state index contributed by atoms with van der Waals surface area (Å²) in [5.74, 6) is 0. The largest absolute Gasteiger partial charge is 0.378 e. The van der Waals surface area contributed by atoms with Crippen molar-refractivity contribution in [3.8, 4) is 0 Å². The maximum absolute atomic E-state index is 12.3. The first-order chi connectivity index (χ1) is 9.72. The van der Waals surface area contributed by atoms with Crippen LogP contribution in [0.4, 0.5) is 0 Å². The Hall–Kier alpha value is -1.17. The van der Waals surface area contributed by atoms with Crippen LogP contribution in [0.15, 0.2) is 29.1 Å². The third-order valence-corrected chi connectivity index (χ3v) is 4.45. The predicted octanol–water partition coefficient (Wildman–Crippen LogP) is 2.73. The molecule has 1 aliphatic heterocycles. The molecule has 4 nitrogen and oxygen atoms in total. The van der Waals surface area contributed by atoms with E-state index in [-0.39, 0.29) is 11.7 Å². The Morgan fingerprint density at radius 3 is 2.90 bits per heavy atom. The Balaban J connectivity index is 1.72. The smallest absolute Gasteiger partial charge is 0.284 e. The van der Waals surface area contributed by atoms with E-state index in [0.29, 0.717) is 23.7 Å². The van der Waals surface area contributed by atoms with E-state index in [0.717, 1.165) is 25.0 Å². The van der Waals surface area contributed by atoms with Crippen LogP contribution in [0.3, 0.4) is 0 Å².